The Morgan fingerprint density at radius 2 is 2.26 bits per heavy atom. The van der Waals surface area contributed by atoms with Gasteiger partial charge in [-0.25, -0.2) is 0 Å². The third kappa shape index (κ3) is 2.49. The lowest BCUT2D eigenvalue weighted by molar-refractivity contribution is -0.383. The van der Waals surface area contributed by atoms with Crippen LogP contribution in [0.15, 0.2) is 6.07 Å². The highest BCUT2D eigenvalue weighted by molar-refractivity contribution is 7.18. The van der Waals surface area contributed by atoms with Crippen molar-refractivity contribution in [2.75, 3.05) is 4.90 Å². The van der Waals surface area contributed by atoms with E-state index in [0.29, 0.717) is 22.0 Å². The molecule has 2 unspecified atom stereocenters. The van der Waals surface area contributed by atoms with E-state index < -0.39 is 0 Å². The molecule has 1 fully saturated rings. The van der Waals surface area contributed by atoms with Gasteiger partial charge in [0.2, 0.25) is 0 Å². The number of carbonyl (C=O) groups excluding carboxylic acids is 1. The first-order valence-corrected chi connectivity index (χ1v) is 7.34. The van der Waals surface area contributed by atoms with Gasteiger partial charge in [-0.15, -0.1) is 11.3 Å². The number of anilines is 1. The molecule has 0 radical (unpaired) electrons. The number of hydrogen-bond donors (Lipinski definition) is 0. The molecule has 0 aromatic carbocycles. The molecule has 104 valence electrons. The fraction of sp³-hybridized carbons (Fsp3) is 0.615. The predicted molar refractivity (Wildman–Crippen MR) is 76.2 cm³/mol. The number of hydrogen-bond acceptors (Lipinski definition) is 5. The summed E-state index contributed by atoms with van der Waals surface area (Å²) < 4.78 is 0. The number of ketones is 1. The van der Waals surface area contributed by atoms with E-state index in [9.17, 15) is 14.9 Å². The number of nitrogens with zero attached hydrogens (tertiary/aromatic N) is 2. The standard InChI is InChI=1S/C13H18N2O3S/c1-4-10-6-5-8(2)14(10)13-11(15(17)18)7-12(19-13)9(3)16/h7-8,10H,4-6H2,1-3H3. The normalized spacial score (nSPS) is 22.8. The monoisotopic (exact) mass is 282 g/mol. The van der Waals surface area contributed by atoms with Gasteiger partial charge in [0, 0.05) is 18.2 Å². The second-order valence-electron chi connectivity index (χ2n) is 5.01. The molecular weight excluding hydrogens is 264 g/mol. The summed E-state index contributed by atoms with van der Waals surface area (Å²) in [6, 6.07) is 2.05. The topological polar surface area (TPSA) is 63.5 Å². The molecule has 1 saturated heterocycles. The number of rotatable bonds is 4. The molecule has 2 atom stereocenters. The van der Waals surface area contributed by atoms with Crippen molar-refractivity contribution >= 4 is 27.8 Å². The van der Waals surface area contributed by atoms with Crippen molar-refractivity contribution in [3.8, 4) is 0 Å². The van der Waals surface area contributed by atoms with Crippen molar-refractivity contribution in [3.05, 3.63) is 21.1 Å². The minimum atomic E-state index is -0.379. The lowest BCUT2D eigenvalue weighted by Crippen LogP contribution is -2.33. The minimum Gasteiger partial charge on any atom is -0.352 e. The van der Waals surface area contributed by atoms with Crippen LogP contribution < -0.4 is 4.90 Å². The van der Waals surface area contributed by atoms with Gasteiger partial charge in [-0.1, -0.05) is 6.92 Å². The smallest absolute Gasteiger partial charge is 0.304 e. The number of thiophene rings is 1. The molecule has 1 aromatic rings. The predicted octanol–water partition coefficient (Wildman–Crippen LogP) is 3.63. The number of carbonyl (C=O) groups is 1. The van der Waals surface area contributed by atoms with Gasteiger partial charge in [0.1, 0.15) is 0 Å². The summed E-state index contributed by atoms with van der Waals surface area (Å²) in [5.74, 6) is -0.112. The Hall–Kier alpha value is -1.43. The summed E-state index contributed by atoms with van der Waals surface area (Å²) in [6.07, 6.45) is 3.07. The second kappa shape index (κ2) is 5.28. The van der Waals surface area contributed by atoms with E-state index in [-0.39, 0.29) is 16.4 Å². The van der Waals surface area contributed by atoms with Crippen LogP contribution in [0, 0.1) is 10.1 Å². The Balaban J connectivity index is 2.47. The van der Waals surface area contributed by atoms with Crippen molar-refractivity contribution in [2.45, 2.75) is 52.1 Å². The first-order valence-electron chi connectivity index (χ1n) is 6.53. The van der Waals surface area contributed by atoms with Gasteiger partial charge < -0.3 is 4.90 Å². The van der Waals surface area contributed by atoms with Gasteiger partial charge in [-0.05, 0) is 33.1 Å². The van der Waals surface area contributed by atoms with Crippen molar-refractivity contribution in [1.82, 2.24) is 0 Å². The van der Waals surface area contributed by atoms with Crippen LogP contribution in [0.25, 0.3) is 0 Å². The Labute approximate surface area is 116 Å². The number of Topliss-reactive ketones (excluding diaryl/α,β-unsaturated/α-hetero) is 1. The summed E-state index contributed by atoms with van der Waals surface area (Å²) in [5.41, 5.74) is 0.0717. The van der Waals surface area contributed by atoms with Gasteiger partial charge in [0.05, 0.1) is 9.80 Å². The Morgan fingerprint density at radius 1 is 1.58 bits per heavy atom. The van der Waals surface area contributed by atoms with Crippen LogP contribution in [0.1, 0.15) is 49.7 Å². The molecule has 0 spiro atoms. The van der Waals surface area contributed by atoms with E-state index in [4.69, 9.17) is 0 Å². The SMILES string of the molecule is CCC1CCC(C)N1c1sc(C(C)=O)cc1[N+](=O)[O-]. The van der Waals surface area contributed by atoms with Gasteiger partial charge >= 0.3 is 5.69 Å². The van der Waals surface area contributed by atoms with Crippen molar-refractivity contribution < 1.29 is 9.72 Å². The highest BCUT2D eigenvalue weighted by Gasteiger charge is 2.35. The molecule has 0 bridgehead atoms. The highest BCUT2D eigenvalue weighted by atomic mass is 32.1. The Kier molecular flexibility index (Phi) is 3.89. The molecule has 19 heavy (non-hydrogen) atoms. The fourth-order valence-corrected chi connectivity index (χ4v) is 3.89. The third-order valence-corrected chi connectivity index (χ3v) is 4.97. The molecule has 0 amide bonds. The van der Waals surface area contributed by atoms with E-state index in [1.54, 1.807) is 0 Å². The van der Waals surface area contributed by atoms with E-state index in [0.717, 1.165) is 19.3 Å². The zero-order valence-electron chi connectivity index (χ0n) is 11.4. The summed E-state index contributed by atoms with van der Waals surface area (Å²) in [6.45, 7) is 5.64. The molecule has 0 saturated carbocycles. The summed E-state index contributed by atoms with van der Waals surface area (Å²) in [7, 11) is 0. The molecule has 0 aliphatic carbocycles. The molecule has 0 N–H and O–H groups in total. The Morgan fingerprint density at radius 3 is 2.79 bits per heavy atom. The van der Waals surface area contributed by atoms with Crippen molar-refractivity contribution in [2.24, 2.45) is 0 Å². The maximum absolute atomic E-state index is 11.5. The van der Waals surface area contributed by atoms with E-state index in [1.807, 2.05) is 0 Å². The van der Waals surface area contributed by atoms with Gasteiger partial charge in [-0.3, -0.25) is 14.9 Å². The number of nitro groups is 1. The van der Waals surface area contributed by atoms with E-state index in [2.05, 4.69) is 18.7 Å². The third-order valence-electron chi connectivity index (χ3n) is 3.73. The Bertz CT molecular complexity index is 512. The zero-order chi connectivity index (χ0) is 14.2. The van der Waals surface area contributed by atoms with E-state index in [1.165, 1.54) is 24.3 Å². The maximum Gasteiger partial charge on any atom is 0.304 e. The van der Waals surface area contributed by atoms with Crippen LogP contribution in [-0.4, -0.2) is 22.8 Å². The maximum atomic E-state index is 11.5. The first kappa shape index (κ1) is 14.0. The zero-order valence-corrected chi connectivity index (χ0v) is 12.2. The highest BCUT2D eigenvalue weighted by Crippen LogP contribution is 2.43. The molecule has 1 aliphatic rings. The lowest BCUT2D eigenvalue weighted by atomic mass is 10.1. The lowest BCUT2D eigenvalue weighted by Gasteiger charge is -2.28. The molecule has 6 heteroatoms. The van der Waals surface area contributed by atoms with Crippen LogP contribution in [0.3, 0.4) is 0 Å². The summed E-state index contributed by atoms with van der Waals surface area (Å²) in [4.78, 5) is 24.9. The van der Waals surface area contributed by atoms with Gasteiger partial charge in [0.25, 0.3) is 0 Å². The molecule has 2 rings (SSSR count). The average Bonchev–Trinajstić information content (AvgIpc) is 2.91. The molecular formula is C13H18N2O3S. The average molecular weight is 282 g/mol. The largest absolute Gasteiger partial charge is 0.352 e. The van der Waals surface area contributed by atoms with Crippen LogP contribution in [0.5, 0.6) is 0 Å². The second-order valence-corrected chi connectivity index (χ2v) is 6.04. The van der Waals surface area contributed by atoms with Crippen LogP contribution >= 0.6 is 11.3 Å². The first-order chi connectivity index (χ1) is 8.95. The molecule has 1 aromatic heterocycles. The molecule has 1 aliphatic heterocycles. The quantitative estimate of drug-likeness (QED) is 0.480. The van der Waals surface area contributed by atoms with Crippen LogP contribution in [0.2, 0.25) is 0 Å². The summed E-state index contributed by atoms with van der Waals surface area (Å²) >= 11 is 1.25. The van der Waals surface area contributed by atoms with E-state index >= 15 is 0 Å². The fourth-order valence-electron chi connectivity index (χ4n) is 2.70. The van der Waals surface area contributed by atoms with Crippen molar-refractivity contribution in [1.29, 1.82) is 0 Å². The molecule has 5 nitrogen and oxygen atoms in total. The van der Waals surface area contributed by atoms with Crippen LogP contribution in [0.4, 0.5) is 10.7 Å². The van der Waals surface area contributed by atoms with Gasteiger partial charge in [-0.2, -0.15) is 0 Å². The summed E-state index contributed by atoms with van der Waals surface area (Å²) in [5, 5.41) is 11.8. The van der Waals surface area contributed by atoms with Crippen molar-refractivity contribution in [3.63, 3.8) is 0 Å². The minimum absolute atomic E-state index is 0.0717. The molecule has 2 heterocycles. The van der Waals surface area contributed by atoms with Gasteiger partial charge in [0.15, 0.2) is 10.8 Å². The van der Waals surface area contributed by atoms with Crippen LogP contribution in [-0.2, 0) is 0 Å².